The second-order valence-electron chi connectivity index (χ2n) is 7.96. The number of carbonyl (C=O) groups is 1. The highest BCUT2D eigenvalue weighted by atomic mass is 35.5. The molecular formula is C25H25Cl2N3O5S. The minimum atomic E-state index is -3.89. The Labute approximate surface area is 219 Å². The number of pyridine rings is 1. The average Bonchev–Trinajstić information content (AvgIpc) is 2.84. The van der Waals surface area contributed by atoms with Crippen LogP contribution in [0, 0.1) is 0 Å². The summed E-state index contributed by atoms with van der Waals surface area (Å²) < 4.78 is 33.4. The van der Waals surface area contributed by atoms with Crippen LogP contribution in [0.15, 0.2) is 59.4 Å². The van der Waals surface area contributed by atoms with Crippen LogP contribution in [-0.2, 0) is 23.2 Å². The van der Waals surface area contributed by atoms with E-state index < -0.39 is 16.1 Å². The van der Waals surface area contributed by atoms with Gasteiger partial charge in [0.05, 0.1) is 17.8 Å². The Morgan fingerprint density at radius 3 is 2.39 bits per heavy atom. The zero-order valence-electron chi connectivity index (χ0n) is 19.9. The Morgan fingerprint density at radius 1 is 1.06 bits per heavy atom. The lowest BCUT2D eigenvalue weighted by molar-refractivity contribution is 0.0979. The second kappa shape index (κ2) is 11.7. The lowest BCUT2D eigenvalue weighted by Gasteiger charge is -2.14. The average molecular weight is 550 g/mol. The highest BCUT2D eigenvalue weighted by Gasteiger charge is 2.18. The standard InChI is InChI=1S/C25H25Cl2N3O5S/c1-29(2)36(33,34)28-24(31)19-10-7-17(8-11-19)13-14-30-23(21(26)16-22(27)25(30)32)12-9-18-5-4-6-20(15-18)35-3/h4-12,15-16H,13-14H2,1-3H3,(H,28,31). The van der Waals surface area contributed by atoms with E-state index in [0.717, 1.165) is 15.4 Å². The molecule has 1 heterocycles. The summed E-state index contributed by atoms with van der Waals surface area (Å²) in [5, 5.41) is 0.334. The van der Waals surface area contributed by atoms with E-state index in [1.807, 2.05) is 35.1 Å². The van der Waals surface area contributed by atoms with Crippen LogP contribution in [0.25, 0.3) is 12.2 Å². The molecule has 0 fully saturated rings. The van der Waals surface area contributed by atoms with Crippen LogP contribution in [0.2, 0.25) is 10.0 Å². The van der Waals surface area contributed by atoms with Crippen molar-refractivity contribution >= 4 is 51.5 Å². The van der Waals surface area contributed by atoms with Crippen LogP contribution in [0.4, 0.5) is 0 Å². The molecule has 0 atom stereocenters. The maximum Gasteiger partial charge on any atom is 0.303 e. The molecule has 0 aliphatic rings. The summed E-state index contributed by atoms with van der Waals surface area (Å²) in [7, 11) is 0.337. The highest BCUT2D eigenvalue weighted by molar-refractivity contribution is 7.87. The van der Waals surface area contributed by atoms with Crippen LogP contribution in [-0.4, -0.2) is 44.4 Å². The third-order valence-electron chi connectivity index (χ3n) is 5.31. The van der Waals surface area contributed by atoms with Gasteiger partial charge in [-0.15, -0.1) is 0 Å². The van der Waals surface area contributed by atoms with Gasteiger partial charge in [-0.05, 0) is 54.0 Å². The Bertz CT molecular complexity index is 1450. The van der Waals surface area contributed by atoms with E-state index in [2.05, 4.69) is 0 Å². The molecule has 11 heteroatoms. The number of carbonyl (C=O) groups excluding carboxylic acids is 1. The van der Waals surface area contributed by atoms with Crippen molar-refractivity contribution in [3.63, 3.8) is 0 Å². The van der Waals surface area contributed by atoms with E-state index in [4.69, 9.17) is 27.9 Å². The van der Waals surface area contributed by atoms with Gasteiger partial charge in [-0.1, -0.05) is 53.5 Å². The van der Waals surface area contributed by atoms with Crippen molar-refractivity contribution in [2.75, 3.05) is 21.2 Å². The molecule has 0 aliphatic carbocycles. The monoisotopic (exact) mass is 549 g/mol. The van der Waals surface area contributed by atoms with Gasteiger partial charge in [0, 0.05) is 26.2 Å². The van der Waals surface area contributed by atoms with Gasteiger partial charge in [-0.3, -0.25) is 9.59 Å². The predicted octanol–water partition coefficient (Wildman–Crippen LogP) is 4.11. The van der Waals surface area contributed by atoms with Crippen molar-refractivity contribution in [1.29, 1.82) is 0 Å². The van der Waals surface area contributed by atoms with Crippen molar-refractivity contribution in [3.05, 3.63) is 97.4 Å². The minimum absolute atomic E-state index is 0.00708. The van der Waals surface area contributed by atoms with Crippen LogP contribution in [0.3, 0.4) is 0 Å². The van der Waals surface area contributed by atoms with Crippen LogP contribution in [0.5, 0.6) is 5.75 Å². The zero-order valence-corrected chi connectivity index (χ0v) is 22.2. The van der Waals surface area contributed by atoms with E-state index in [9.17, 15) is 18.0 Å². The van der Waals surface area contributed by atoms with Crippen molar-refractivity contribution in [3.8, 4) is 5.75 Å². The summed E-state index contributed by atoms with van der Waals surface area (Å²) >= 11 is 12.5. The number of hydrogen-bond donors (Lipinski definition) is 1. The van der Waals surface area contributed by atoms with Crippen molar-refractivity contribution in [2.45, 2.75) is 13.0 Å². The van der Waals surface area contributed by atoms with Crippen molar-refractivity contribution < 1.29 is 17.9 Å². The fraction of sp³-hybridized carbons (Fsp3) is 0.200. The lowest BCUT2D eigenvalue weighted by Crippen LogP contribution is -2.39. The summed E-state index contributed by atoms with van der Waals surface area (Å²) in [6, 6.07) is 15.3. The maximum absolute atomic E-state index is 12.8. The summed E-state index contributed by atoms with van der Waals surface area (Å²) in [6.45, 7) is 0.275. The molecule has 0 saturated heterocycles. The molecular weight excluding hydrogens is 525 g/mol. The van der Waals surface area contributed by atoms with E-state index in [1.54, 1.807) is 25.3 Å². The van der Waals surface area contributed by atoms with E-state index >= 15 is 0 Å². The molecule has 3 aromatic rings. The van der Waals surface area contributed by atoms with Gasteiger partial charge < -0.3 is 9.30 Å². The second-order valence-corrected chi connectivity index (χ2v) is 10.7. The topological polar surface area (TPSA) is 97.7 Å². The van der Waals surface area contributed by atoms with Gasteiger partial charge in [0.15, 0.2) is 0 Å². The summed E-state index contributed by atoms with van der Waals surface area (Å²) in [5.41, 5.74) is 2.00. The fourth-order valence-corrected chi connectivity index (χ4v) is 4.33. The van der Waals surface area contributed by atoms with Gasteiger partial charge in [0.1, 0.15) is 10.8 Å². The molecule has 0 radical (unpaired) electrons. The molecule has 36 heavy (non-hydrogen) atoms. The number of ether oxygens (including phenoxy) is 1. The third kappa shape index (κ3) is 6.76. The number of aromatic nitrogens is 1. The molecule has 8 nitrogen and oxygen atoms in total. The Balaban J connectivity index is 1.81. The fourth-order valence-electron chi connectivity index (χ4n) is 3.26. The van der Waals surface area contributed by atoms with Gasteiger partial charge in [-0.25, -0.2) is 4.72 Å². The molecule has 190 valence electrons. The maximum atomic E-state index is 12.8. The van der Waals surface area contributed by atoms with E-state index in [1.165, 1.54) is 36.9 Å². The van der Waals surface area contributed by atoms with Gasteiger partial charge in [-0.2, -0.15) is 12.7 Å². The molecule has 0 saturated carbocycles. The highest BCUT2D eigenvalue weighted by Crippen LogP contribution is 2.22. The molecule has 2 aromatic carbocycles. The molecule has 0 bridgehead atoms. The summed E-state index contributed by atoms with van der Waals surface area (Å²) in [5.74, 6) is -0.0359. The Hall–Kier alpha value is -3.11. The lowest BCUT2D eigenvalue weighted by atomic mass is 10.1. The Kier molecular flexibility index (Phi) is 8.97. The molecule has 1 aromatic heterocycles. The van der Waals surface area contributed by atoms with Crippen LogP contribution in [0.1, 0.15) is 27.2 Å². The van der Waals surface area contributed by atoms with E-state index in [-0.39, 0.29) is 22.7 Å². The number of nitrogens with zero attached hydrogens (tertiary/aromatic N) is 2. The van der Waals surface area contributed by atoms with Gasteiger partial charge >= 0.3 is 10.2 Å². The molecule has 0 aliphatic heterocycles. The number of methoxy groups -OCH3 is 1. The first kappa shape index (κ1) is 27.5. The van der Waals surface area contributed by atoms with Crippen molar-refractivity contribution in [2.24, 2.45) is 0 Å². The minimum Gasteiger partial charge on any atom is -0.497 e. The van der Waals surface area contributed by atoms with Crippen molar-refractivity contribution in [1.82, 2.24) is 13.6 Å². The summed E-state index contributed by atoms with van der Waals surface area (Å²) in [6.07, 6.45) is 4.00. The van der Waals surface area contributed by atoms with Crippen LogP contribution >= 0.6 is 23.2 Å². The van der Waals surface area contributed by atoms with Crippen LogP contribution < -0.4 is 15.0 Å². The predicted molar refractivity (Wildman–Crippen MR) is 143 cm³/mol. The smallest absolute Gasteiger partial charge is 0.303 e. The molecule has 0 spiro atoms. The van der Waals surface area contributed by atoms with Gasteiger partial charge in [0.2, 0.25) is 0 Å². The third-order valence-corrected chi connectivity index (χ3v) is 7.29. The van der Waals surface area contributed by atoms with E-state index in [0.29, 0.717) is 22.9 Å². The number of hydrogen-bond acceptors (Lipinski definition) is 5. The molecule has 0 unspecified atom stereocenters. The first-order chi connectivity index (χ1) is 17.0. The molecule has 3 rings (SSSR count). The first-order valence-electron chi connectivity index (χ1n) is 10.8. The number of benzene rings is 2. The SMILES string of the molecule is COc1cccc(C=Cc2c(Cl)cc(Cl)c(=O)n2CCc2ccc(C(=O)NS(=O)(=O)N(C)C)cc2)c1. The number of aryl methyl sites for hydroxylation is 1. The Morgan fingerprint density at radius 2 is 1.75 bits per heavy atom. The number of rotatable bonds is 9. The molecule has 1 amide bonds. The zero-order chi connectivity index (χ0) is 26.5. The van der Waals surface area contributed by atoms with Gasteiger partial charge in [0.25, 0.3) is 11.5 Å². The number of halogens is 2. The largest absolute Gasteiger partial charge is 0.497 e. The first-order valence-corrected chi connectivity index (χ1v) is 13.0. The number of nitrogens with one attached hydrogen (secondary N) is 1. The quantitative estimate of drug-likeness (QED) is 0.433. The summed E-state index contributed by atoms with van der Waals surface area (Å²) in [4.78, 5) is 25.1. The number of amides is 1. The normalized spacial score (nSPS) is 11.7. The molecule has 1 N–H and O–H groups in total.